The van der Waals surface area contributed by atoms with Crippen molar-refractivity contribution in [2.75, 3.05) is 12.4 Å². The van der Waals surface area contributed by atoms with Crippen LogP contribution in [0.15, 0.2) is 29.6 Å². The zero-order chi connectivity index (χ0) is 14.5. The van der Waals surface area contributed by atoms with Gasteiger partial charge < -0.3 is 10.6 Å². The van der Waals surface area contributed by atoms with Crippen LogP contribution >= 0.6 is 11.3 Å². The average Bonchev–Trinajstić information content (AvgIpc) is 2.93. The fourth-order valence-electron chi connectivity index (χ4n) is 1.86. The summed E-state index contributed by atoms with van der Waals surface area (Å²) in [5.74, 6) is -0.0865. The average molecular weight is 285 g/mol. The minimum atomic E-state index is -0.0865. The first-order valence-corrected chi connectivity index (χ1v) is 7.06. The summed E-state index contributed by atoms with van der Waals surface area (Å²) in [7, 11) is 1.62. The first-order valence-electron chi connectivity index (χ1n) is 6.18. The van der Waals surface area contributed by atoms with Crippen LogP contribution in [0.3, 0.4) is 0 Å². The maximum atomic E-state index is 11.5. The molecule has 2 aromatic rings. The molecule has 2 N–H and O–H groups in total. The van der Waals surface area contributed by atoms with Crippen LogP contribution in [-0.4, -0.2) is 13.0 Å². The first-order chi connectivity index (χ1) is 9.63. The lowest BCUT2D eigenvalue weighted by Gasteiger charge is -2.10. The summed E-state index contributed by atoms with van der Waals surface area (Å²) < 4.78 is 0. The predicted octanol–water partition coefficient (Wildman–Crippen LogP) is 2.90. The molecular weight excluding hydrogens is 270 g/mol. The van der Waals surface area contributed by atoms with Crippen molar-refractivity contribution in [3.8, 4) is 6.07 Å². The number of benzene rings is 1. The number of hydrogen-bond donors (Lipinski definition) is 2. The number of hydrogen-bond acceptors (Lipinski definition) is 4. The van der Waals surface area contributed by atoms with Gasteiger partial charge in [-0.3, -0.25) is 4.79 Å². The molecule has 102 valence electrons. The van der Waals surface area contributed by atoms with Gasteiger partial charge in [0.2, 0.25) is 0 Å². The van der Waals surface area contributed by atoms with Crippen LogP contribution in [0.25, 0.3) is 0 Å². The molecule has 0 bridgehead atoms. The van der Waals surface area contributed by atoms with E-state index in [9.17, 15) is 4.79 Å². The van der Waals surface area contributed by atoms with Gasteiger partial charge in [-0.05, 0) is 36.8 Å². The van der Waals surface area contributed by atoms with Crippen molar-refractivity contribution in [2.24, 2.45) is 0 Å². The summed E-state index contributed by atoms with van der Waals surface area (Å²) in [6.07, 6.45) is 0. The highest BCUT2D eigenvalue weighted by molar-refractivity contribution is 7.10. The topological polar surface area (TPSA) is 64.9 Å². The van der Waals surface area contributed by atoms with E-state index in [1.165, 1.54) is 0 Å². The third kappa shape index (κ3) is 3.16. The molecule has 0 spiro atoms. The van der Waals surface area contributed by atoms with E-state index in [0.717, 1.165) is 16.1 Å². The van der Waals surface area contributed by atoms with Crippen molar-refractivity contribution >= 4 is 22.9 Å². The largest absolute Gasteiger partial charge is 0.380 e. The number of amides is 1. The van der Waals surface area contributed by atoms with Gasteiger partial charge in [-0.25, -0.2) is 0 Å². The van der Waals surface area contributed by atoms with E-state index in [0.29, 0.717) is 17.7 Å². The van der Waals surface area contributed by atoms with Crippen molar-refractivity contribution in [1.82, 2.24) is 5.32 Å². The molecule has 0 aliphatic carbocycles. The molecule has 0 atom stereocenters. The Morgan fingerprint density at radius 2 is 2.20 bits per heavy atom. The SMILES string of the molecule is CNC(=O)c1ccc(NCc2cc(C#N)cs2)c(C)c1. The lowest BCUT2D eigenvalue weighted by Crippen LogP contribution is -2.17. The Kier molecular flexibility index (Phi) is 4.38. The van der Waals surface area contributed by atoms with E-state index in [2.05, 4.69) is 16.7 Å². The molecule has 1 amide bonds. The Balaban J connectivity index is 2.06. The van der Waals surface area contributed by atoms with Crippen molar-refractivity contribution in [2.45, 2.75) is 13.5 Å². The zero-order valence-corrected chi connectivity index (χ0v) is 12.2. The summed E-state index contributed by atoms with van der Waals surface area (Å²) in [4.78, 5) is 12.6. The van der Waals surface area contributed by atoms with Crippen molar-refractivity contribution < 1.29 is 4.79 Å². The van der Waals surface area contributed by atoms with Gasteiger partial charge in [-0.1, -0.05) is 0 Å². The molecule has 0 saturated heterocycles. The summed E-state index contributed by atoms with van der Waals surface area (Å²) in [6.45, 7) is 2.64. The Bertz CT molecular complexity index is 670. The second-order valence-electron chi connectivity index (χ2n) is 4.38. The zero-order valence-electron chi connectivity index (χ0n) is 11.4. The van der Waals surface area contributed by atoms with E-state index in [1.54, 1.807) is 24.5 Å². The van der Waals surface area contributed by atoms with Gasteiger partial charge in [0.25, 0.3) is 5.91 Å². The Morgan fingerprint density at radius 3 is 2.80 bits per heavy atom. The predicted molar refractivity (Wildman–Crippen MR) is 80.9 cm³/mol. The number of carbonyl (C=O) groups is 1. The fraction of sp³-hybridized carbons (Fsp3) is 0.200. The van der Waals surface area contributed by atoms with Gasteiger partial charge in [-0.2, -0.15) is 5.26 Å². The molecule has 0 saturated carbocycles. The summed E-state index contributed by atoms with van der Waals surface area (Å²) in [5, 5.41) is 16.6. The highest BCUT2D eigenvalue weighted by Crippen LogP contribution is 2.20. The molecule has 0 radical (unpaired) electrons. The highest BCUT2D eigenvalue weighted by atomic mass is 32.1. The maximum absolute atomic E-state index is 11.5. The molecule has 0 aliphatic heterocycles. The molecule has 4 nitrogen and oxygen atoms in total. The van der Waals surface area contributed by atoms with Gasteiger partial charge in [-0.15, -0.1) is 11.3 Å². The van der Waals surface area contributed by atoms with Crippen LogP contribution in [0.1, 0.15) is 26.4 Å². The third-order valence-corrected chi connectivity index (χ3v) is 3.89. The van der Waals surface area contributed by atoms with E-state index >= 15 is 0 Å². The number of anilines is 1. The van der Waals surface area contributed by atoms with Gasteiger partial charge in [0.05, 0.1) is 5.56 Å². The Hall–Kier alpha value is -2.32. The van der Waals surface area contributed by atoms with Gasteiger partial charge in [0, 0.05) is 35.1 Å². The molecule has 1 aromatic carbocycles. The third-order valence-electron chi connectivity index (χ3n) is 2.95. The quantitative estimate of drug-likeness (QED) is 0.907. The highest BCUT2D eigenvalue weighted by Gasteiger charge is 2.06. The number of rotatable bonds is 4. The number of carbonyl (C=O) groups excluding carboxylic acids is 1. The molecule has 0 aliphatic rings. The van der Waals surface area contributed by atoms with Crippen molar-refractivity contribution in [3.05, 3.63) is 51.2 Å². The Labute approximate surface area is 122 Å². The standard InChI is InChI=1S/C15H15N3OS/c1-10-5-12(15(19)17-2)3-4-14(10)18-8-13-6-11(7-16)9-20-13/h3-6,9,18H,8H2,1-2H3,(H,17,19). The van der Waals surface area contributed by atoms with Gasteiger partial charge in [0.1, 0.15) is 6.07 Å². The Morgan fingerprint density at radius 1 is 1.40 bits per heavy atom. The molecular formula is C15H15N3OS. The van der Waals surface area contributed by atoms with Crippen LogP contribution in [0, 0.1) is 18.3 Å². The number of nitrogens with one attached hydrogen (secondary N) is 2. The van der Waals surface area contributed by atoms with E-state index in [1.807, 2.05) is 30.5 Å². The number of nitriles is 1. The lowest BCUT2D eigenvalue weighted by atomic mass is 10.1. The molecule has 5 heteroatoms. The fourth-order valence-corrected chi connectivity index (χ4v) is 2.61. The maximum Gasteiger partial charge on any atom is 0.251 e. The monoisotopic (exact) mass is 285 g/mol. The second kappa shape index (κ2) is 6.22. The van der Waals surface area contributed by atoms with Crippen molar-refractivity contribution in [1.29, 1.82) is 5.26 Å². The number of aryl methyl sites for hydroxylation is 1. The molecule has 0 fully saturated rings. The van der Waals surface area contributed by atoms with Crippen LogP contribution in [0.2, 0.25) is 0 Å². The summed E-state index contributed by atoms with van der Waals surface area (Å²) in [6, 6.07) is 9.56. The molecule has 20 heavy (non-hydrogen) atoms. The van der Waals surface area contributed by atoms with E-state index in [4.69, 9.17) is 5.26 Å². The van der Waals surface area contributed by atoms with Crippen LogP contribution < -0.4 is 10.6 Å². The normalized spacial score (nSPS) is 9.85. The summed E-state index contributed by atoms with van der Waals surface area (Å²) in [5.41, 5.74) is 3.35. The van der Waals surface area contributed by atoms with Crippen molar-refractivity contribution in [3.63, 3.8) is 0 Å². The molecule has 1 aromatic heterocycles. The molecule has 0 unspecified atom stereocenters. The van der Waals surface area contributed by atoms with E-state index < -0.39 is 0 Å². The van der Waals surface area contributed by atoms with E-state index in [-0.39, 0.29) is 5.91 Å². The number of thiophene rings is 1. The van der Waals surface area contributed by atoms with Gasteiger partial charge >= 0.3 is 0 Å². The van der Waals surface area contributed by atoms with Gasteiger partial charge in [0.15, 0.2) is 0 Å². The molecule has 1 heterocycles. The van der Waals surface area contributed by atoms with Crippen LogP contribution in [0.4, 0.5) is 5.69 Å². The van der Waals surface area contributed by atoms with Crippen LogP contribution in [-0.2, 0) is 6.54 Å². The first kappa shape index (κ1) is 14.1. The number of nitrogens with zero attached hydrogens (tertiary/aromatic N) is 1. The minimum Gasteiger partial charge on any atom is -0.380 e. The smallest absolute Gasteiger partial charge is 0.251 e. The lowest BCUT2D eigenvalue weighted by molar-refractivity contribution is 0.0963. The second-order valence-corrected chi connectivity index (χ2v) is 5.37. The molecule has 2 rings (SSSR count). The van der Waals surface area contributed by atoms with Crippen LogP contribution in [0.5, 0.6) is 0 Å². The summed E-state index contributed by atoms with van der Waals surface area (Å²) >= 11 is 1.56. The minimum absolute atomic E-state index is 0.0865.